The molecule has 1 aromatic rings. The average molecular weight is 452 g/mol. The molecule has 0 saturated heterocycles. The molecule has 4 atom stereocenters. The SMILES string of the molecule is COc1ccc(NCCOC(=O)[C@]2(C)CCC[C@@]3(C)[C@H]2CC=C2C=C(C(C)C)CC[C@@H]23)cc1. The quantitative estimate of drug-likeness (QED) is 0.366. The van der Waals surface area contributed by atoms with Crippen molar-refractivity contribution in [2.75, 3.05) is 25.6 Å². The first-order valence-electron chi connectivity index (χ1n) is 12.7. The number of benzene rings is 1. The van der Waals surface area contributed by atoms with Crippen LogP contribution in [0, 0.1) is 28.6 Å². The zero-order valence-electron chi connectivity index (χ0n) is 21.1. The Bertz CT molecular complexity index is 915. The number of allylic oxidation sites excluding steroid dienone is 4. The first-order valence-corrected chi connectivity index (χ1v) is 12.7. The van der Waals surface area contributed by atoms with Crippen molar-refractivity contribution >= 4 is 11.7 Å². The predicted octanol–water partition coefficient (Wildman–Crippen LogP) is 6.79. The van der Waals surface area contributed by atoms with Crippen LogP contribution in [0.1, 0.15) is 66.2 Å². The van der Waals surface area contributed by atoms with E-state index in [1.54, 1.807) is 12.7 Å². The first kappa shape index (κ1) is 23.9. The molecule has 0 bridgehead atoms. The summed E-state index contributed by atoms with van der Waals surface area (Å²) in [5, 5.41) is 3.33. The summed E-state index contributed by atoms with van der Waals surface area (Å²) in [6, 6.07) is 7.80. The molecule has 180 valence electrons. The fourth-order valence-electron chi connectivity index (χ4n) is 6.80. The van der Waals surface area contributed by atoms with E-state index in [1.807, 2.05) is 24.3 Å². The fraction of sp³-hybridized carbons (Fsp3) is 0.621. The van der Waals surface area contributed by atoms with Gasteiger partial charge in [0.1, 0.15) is 12.4 Å². The fourth-order valence-corrected chi connectivity index (χ4v) is 6.80. The number of carbonyl (C=O) groups excluding carboxylic acids is 1. The number of rotatable bonds is 7. The summed E-state index contributed by atoms with van der Waals surface area (Å²) in [5.41, 5.74) is 3.89. The molecule has 0 heterocycles. The number of hydrogen-bond donors (Lipinski definition) is 1. The highest BCUT2D eigenvalue weighted by Gasteiger charge is 2.57. The number of methoxy groups -OCH3 is 1. The Morgan fingerprint density at radius 2 is 1.94 bits per heavy atom. The van der Waals surface area contributed by atoms with Crippen LogP contribution in [0.5, 0.6) is 5.75 Å². The van der Waals surface area contributed by atoms with E-state index in [1.165, 1.54) is 24.8 Å². The largest absolute Gasteiger partial charge is 0.497 e. The minimum atomic E-state index is -0.406. The molecule has 0 spiro atoms. The predicted molar refractivity (Wildman–Crippen MR) is 134 cm³/mol. The van der Waals surface area contributed by atoms with Crippen LogP contribution in [-0.2, 0) is 9.53 Å². The van der Waals surface area contributed by atoms with Crippen LogP contribution in [0.4, 0.5) is 5.69 Å². The van der Waals surface area contributed by atoms with E-state index in [2.05, 4.69) is 45.2 Å². The highest BCUT2D eigenvalue weighted by atomic mass is 16.5. The Kier molecular flexibility index (Phi) is 6.93. The van der Waals surface area contributed by atoms with Crippen molar-refractivity contribution in [1.82, 2.24) is 0 Å². The summed E-state index contributed by atoms with van der Waals surface area (Å²) in [4.78, 5) is 13.4. The van der Waals surface area contributed by atoms with Gasteiger partial charge in [-0.1, -0.05) is 44.9 Å². The lowest BCUT2D eigenvalue weighted by Crippen LogP contribution is -2.53. The summed E-state index contributed by atoms with van der Waals surface area (Å²) in [6.07, 6.45) is 11.6. The number of anilines is 1. The Hall–Kier alpha value is -2.23. The summed E-state index contributed by atoms with van der Waals surface area (Å²) >= 11 is 0. The number of hydrogen-bond acceptors (Lipinski definition) is 4. The highest BCUT2D eigenvalue weighted by Crippen LogP contribution is 2.62. The second-order valence-electron chi connectivity index (χ2n) is 11.0. The lowest BCUT2D eigenvalue weighted by molar-refractivity contribution is -0.169. The Labute approximate surface area is 199 Å². The average Bonchev–Trinajstić information content (AvgIpc) is 2.81. The third-order valence-electron chi connectivity index (χ3n) is 8.80. The third kappa shape index (κ3) is 4.58. The molecule has 3 aliphatic carbocycles. The molecule has 0 unspecified atom stereocenters. The van der Waals surface area contributed by atoms with Crippen LogP contribution in [0.3, 0.4) is 0 Å². The van der Waals surface area contributed by atoms with Crippen LogP contribution >= 0.6 is 0 Å². The van der Waals surface area contributed by atoms with Crippen molar-refractivity contribution in [1.29, 1.82) is 0 Å². The van der Waals surface area contributed by atoms with Gasteiger partial charge in [0.15, 0.2) is 0 Å². The van der Waals surface area contributed by atoms with Crippen molar-refractivity contribution in [3.05, 3.63) is 47.6 Å². The molecule has 1 fully saturated rings. The summed E-state index contributed by atoms with van der Waals surface area (Å²) in [5.74, 6) is 2.36. The highest BCUT2D eigenvalue weighted by molar-refractivity contribution is 5.77. The summed E-state index contributed by atoms with van der Waals surface area (Å²) < 4.78 is 11.1. The maximum absolute atomic E-state index is 13.4. The molecule has 1 aromatic carbocycles. The van der Waals surface area contributed by atoms with E-state index >= 15 is 0 Å². The molecule has 33 heavy (non-hydrogen) atoms. The lowest BCUT2D eigenvalue weighted by Gasteiger charge is -2.57. The van der Waals surface area contributed by atoms with Gasteiger partial charge in [-0.25, -0.2) is 0 Å². The molecular formula is C29H41NO3. The van der Waals surface area contributed by atoms with Gasteiger partial charge in [0.25, 0.3) is 0 Å². The molecule has 4 heteroatoms. The molecule has 0 radical (unpaired) electrons. The zero-order chi connectivity index (χ0) is 23.6. The Morgan fingerprint density at radius 3 is 2.64 bits per heavy atom. The summed E-state index contributed by atoms with van der Waals surface area (Å²) in [6.45, 7) is 10.2. The van der Waals surface area contributed by atoms with E-state index in [4.69, 9.17) is 9.47 Å². The van der Waals surface area contributed by atoms with E-state index in [0.717, 1.165) is 30.7 Å². The van der Waals surface area contributed by atoms with Crippen molar-refractivity contribution in [2.45, 2.75) is 66.2 Å². The molecule has 4 nitrogen and oxygen atoms in total. The van der Waals surface area contributed by atoms with Crippen LogP contribution in [-0.4, -0.2) is 26.2 Å². The van der Waals surface area contributed by atoms with Crippen molar-refractivity contribution in [3.8, 4) is 5.75 Å². The molecular weight excluding hydrogens is 410 g/mol. The monoisotopic (exact) mass is 451 g/mol. The van der Waals surface area contributed by atoms with Crippen LogP contribution < -0.4 is 10.1 Å². The number of esters is 1. The molecule has 0 aliphatic heterocycles. The van der Waals surface area contributed by atoms with Crippen molar-refractivity contribution < 1.29 is 14.3 Å². The van der Waals surface area contributed by atoms with Gasteiger partial charge in [-0.15, -0.1) is 0 Å². The topological polar surface area (TPSA) is 47.6 Å². The first-order chi connectivity index (χ1) is 15.8. The Balaban J connectivity index is 1.41. The van der Waals surface area contributed by atoms with Crippen molar-refractivity contribution in [3.63, 3.8) is 0 Å². The van der Waals surface area contributed by atoms with Gasteiger partial charge in [-0.05, 0) is 92.0 Å². The molecule has 4 rings (SSSR count). The minimum absolute atomic E-state index is 0.0129. The van der Waals surface area contributed by atoms with Crippen LogP contribution in [0.25, 0.3) is 0 Å². The van der Waals surface area contributed by atoms with Crippen LogP contribution in [0.2, 0.25) is 0 Å². The van der Waals surface area contributed by atoms with E-state index in [0.29, 0.717) is 30.9 Å². The molecule has 3 aliphatic rings. The molecule has 0 aromatic heterocycles. The maximum atomic E-state index is 13.4. The summed E-state index contributed by atoms with van der Waals surface area (Å²) in [7, 11) is 1.66. The van der Waals surface area contributed by atoms with Gasteiger partial charge in [0.05, 0.1) is 12.5 Å². The Morgan fingerprint density at radius 1 is 1.18 bits per heavy atom. The molecule has 1 N–H and O–H groups in total. The lowest BCUT2D eigenvalue weighted by atomic mass is 9.47. The third-order valence-corrected chi connectivity index (χ3v) is 8.80. The standard InChI is InChI=1S/C29H41NO3/c1-20(2)21-7-13-25-22(19-21)8-14-26-28(25,3)15-6-16-29(26,4)27(31)33-18-17-30-23-9-11-24(32-5)12-10-23/h8-12,19-20,25-26,30H,6-7,13-18H2,1-5H3/t25-,26+,28+,29+/m0/s1. The molecule has 1 saturated carbocycles. The number of ether oxygens (including phenoxy) is 2. The van der Waals surface area contributed by atoms with E-state index in [-0.39, 0.29) is 11.4 Å². The van der Waals surface area contributed by atoms with E-state index in [9.17, 15) is 4.79 Å². The second-order valence-corrected chi connectivity index (χ2v) is 11.0. The number of nitrogens with one attached hydrogen (secondary N) is 1. The maximum Gasteiger partial charge on any atom is 0.312 e. The van der Waals surface area contributed by atoms with Gasteiger partial charge >= 0.3 is 5.97 Å². The smallest absolute Gasteiger partial charge is 0.312 e. The van der Waals surface area contributed by atoms with Gasteiger partial charge in [0, 0.05) is 12.2 Å². The van der Waals surface area contributed by atoms with Gasteiger partial charge in [0.2, 0.25) is 0 Å². The van der Waals surface area contributed by atoms with Crippen LogP contribution in [0.15, 0.2) is 47.6 Å². The zero-order valence-corrected chi connectivity index (χ0v) is 21.1. The van der Waals surface area contributed by atoms with Gasteiger partial charge in [-0.2, -0.15) is 0 Å². The minimum Gasteiger partial charge on any atom is -0.497 e. The molecule has 0 amide bonds. The van der Waals surface area contributed by atoms with Crippen molar-refractivity contribution in [2.24, 2.45) is 28.6 Å². The second kappa shape index (κ2) is 9.56. The van der Waals surface area contributed by atoms with E-state index < -0.39 is 5.41 Å². The number of fused-ring (bicyclic) bond motifs is 3. The number of carbonyl (C=O) groups is 1. The van der Waals surface area contributed by atoms with Gasteiger partial charge < -0.3 is 14.8 Å². The normalized spacial score (nSPS) is 31.1. The van der Waals surface area contributed by atoms with Gasteiger partial charge in [-0.3, -0.25) is 4.79 Å².